The Balaban J connectivity index is 1.68. The van der Waals surface area contributed by atoms with Gasteiger partial charge >= 0.3 is 0 Å². The Hall–Kier alpha value is -2.94. The molecule has 3 aromatic rings. The van der Waals surface area contributed by atoms with Gasteiger partial charge in [0.15, 0.2) is 16.8 Å². The van der Waals surface area contributed by atoms with Gasteiger partial charge in [-0.15, -0.1) is 10.2 Å². The van der Waals surface area contributed by atoms with Crippen molar-refractivity contribution in [2.75, 3.05) is 18.2 Å². The summed E-state index contributed by atoms with van der Waals surface area (Å²) in [7, 11) is 1.56. The summed E-state index contributed by atoms with van der Waals surface area (Å²) in [5, 5.41) is 10.9. The Kier molecular flexibility index (Phi) is 5.47. The molecule has 0 atom stereocenters. The summed E-state index contributed by atoms with van der Waals surface area (Å²) in [5.74, 6) is -1.71. The molecule has 0 fully saturated rings. The van der Waals surface area contributed by atoms with E-state index in [1.807, 2.05) is 18.2 Å². The van der Waals surface area contributed by atoms with E-state index in [1.165, 1.54) is 12.4 Å². The number of halogens is 2. The van der Waals surface area contributed by atoms with E-state index < -0.39 is 11.6 Å². The van der Waals surface area contributed by atoms with Crippen molar-refractivity contribution < 1.29 is 18.3 Å². The van der Waals surface area contributed by atoms with Gasteiger partial charge in [-0.25, -0.2) is 8.78 Å². The van der Waals surface area contributed by atoms with E-state index in [0.717, 1.165) is 29.6 Å². The van der Waals surface area contributed by atoms with E-state index >= 15 is 0 Å². The van der Waals surface area contributed by atoms with Gasteiger partial charge in [-0.05, 0) is 24.3 Å². The summed E-state index contributed by atoms with van der Waals surface area (Å²) in [6, 6.07) is 10.5. The minimum absolute atomic E-state index is 0.0207. The minimum Gasteiger partial charge on any atom is -0.495 e. The molecular formula is C17H14F2N4O2S. The molecule has 2 aromatic carbocycles. The number of para-hydroxylation sites is 2. The highest BCUT2D eigenvalue weighted by Gasteiger charge is 2.13. The number of benzene rings is 2. The molecular weight excluding hydrogens is 362 g/mol. The van der Waals surface area contributed by atoms with E-state index in [-0.39, 0.29) is 17.3 Å². The molecule has 0 bridgehead atoms. The lowest BCUT2D eigenvalue weighted by atomic mass is 10.3. The van der Waals surface area contributed by atoms with Crippen LogP contribution in [0.4, 0.5) is 14.5 Å². The lowest BCUT2D eigenvalue weighted by Crippen LogP contribution is -2.14. The van der Waals surface area contributed by atoms with Crippen molar-refractivity contribution in [1.29, 1.82) is 0 Å². The van der Waals surface area contributed by atoms with E-state index in [2.05, 4.69) is 15.5 Å². The Morgan fingerprint density at radius 2 is 2.04 bits per heavy atom. The first kappa shape index (κ1) is 17.9. The van der Waals surface area contributed by atoms with Crippen molar-refractivity contribution in [3.63, 3.8) is 0 Å². The first-order chi connectivity index (χ1) is 12.6. The van der Waals surface area contributed by atoms with Gasteiger partial charge in [0.25, 0.3) is 0 Å². The van der Waals surface area contributed by atoms with Gasteiger partial charge in [0, 0.05) is 11.8 Å². The monoisotopic (exact) mass is 376 g/mol. The number of methoxy groups -OCH3 is 1. The van der Waals surface area contributed by atoms with Gasteiger partial charge in [-0.2, -0.15) is 0 Å². The number of nitrogens with one attached hydrogen (secondary N) is 1. The van der Waals surface area contributed by atoms with Crippen LogP contribution < -0.4 is 10.1 Å². The molecule has 0 unspecified atom stereocenters. The summed E-state index contributed by atoms with van der Waals surface area (Å²) in [6.07, 6.45) is 1.52. The number of carbonyl (C=O) groups is 1. The van der Waals surface area contributed by atoms with Crippen molar-refractivity contribution in [2.24, 2.45) is 0 Å². The van der Waals surface area contributed by atoms with Crippen LogP contribution in [0.3, 0.4) is 0 Å². The molecule has 0 aliphatic heterocycles. The van der Waals surface area contributed by atoms with E-state index in [9.17, 15) is 13.6 Å². The predicted octanol–water partition coefficient (Wildman–Crippen LogP) is 3.28. The number of hydrogen-bond acceptors (Lipinski definition) is 5. The maximum atomic E-state index is 13.2. The normalized spacial score (nSPS) is 10.6. The largest absolute Gasteiger partial charge is 0.495 e. The average molecular weight is 376 g/mol. The van der Waals surface area contributed by atoms with Crippen LogP contribution >= 0.6 is 11.8 Å². The van der Waals surface area contributed by atoms with Crippen LogP contribution in [0.2, 0.25) is 0 Å². The molecule has 0 aliphatic carbocycles. The van der Waals surface area contributed by atoms with Crippen LogP contribution in [0, 0.1) is 11.6 Å². The van der Waals surface area contributed by atoms with E-state index in [4.69, 9.17) is 4.74 Å². The molecule has 9 heteroatoms. The number of nitrogens with zero attached hydrogens (tertiary/aromatic N) is 3. The Morgan fingerprint density at radius 1 is 1.23 bits per heavy atom. The zero-order valence-corrected chi connectivity index (χ0v) is 14.5. The second-order valence-corrected chi connectivity index (χ2v) is 6.06. The van der Waals surface area contributed by atoms with E-state index in [0.29, 0.717) is 10.9 Å². The molecule has 0 saturated carbocycles. The lowest BCUT2D eigenvalue weighted by Gasteiger charge is -2.10. The zero-order valence-electron chi connectivity index (χ0n) is 13.6. The molecule has 0 saturated heterocycles. The third-order valence-corrected chi connectivity index (χ3v) is 4.34. The molecule has 134 valence electrons. The van der Waals surface area contributed by atoms with Crippen LogP contribution in [0.25, 0.3) is 5.69 Å². The second-order valence-electron chi connectivity index (χ2n) is 5.12. The summed E-state index contributed by atoms with van der Waals surface area (Å²) in [5.41, 5.74) is 0.921. The maximum Gasteiger partial charge on any atom is 0.234 e. The van der Waals surface area contributed by atoms with Crippen LogP contribution in [0.5, 0.6) is 5.75 Å². The Morgan fingerprint density at radius 3 is 2.81 bits per heavy atom. The maximum absolute atomic E-state index is 13.2. The number of thioether (sulfide) groups is 1. The number of carbonyl (C=O) groups excluding carboxylic acids is 1. The van der Waals surface area contributed by atoms with Gasteiger partial charge in [-0.3, -0.25) is 9.36 Å². The Labute approximate surface area is 152 Å². The van der Waals surface area contributed by atoms with Crippen LogP contribution in [0.1, 0.15) is 0 Å². The summed E-state index contributed by atoms with van der Waals surface area (Å²) >= 11 is 1.16. The summed E-state index contributed by atoms with van der Waals surface area (Å²) in [4.78, 5) is 12.0. The quantitative estimate of drug-likeness (QED) is 0.669. The standard InChI is InChI=1S/C17H14F2N4O2S/c1-25-15-5-3-2-4-14(15)23-10-20-22-17(23)26-9-16(24)21-11-6-7-12(18)13(19)8-11/h2-8,10H,9H2,1H3,(H,21,24). The molecule has 0 radical (unpaired) electrons. The second kappa shape index (κ2) is 7.96. The lowest BCUT2D eigenvalue weighted by molar-refractivity contribution is -0.113. The minimum atomic E-state index is -1.02. The zero-order chi connectivity index (χ0) is 18.5. The van der Waals surface area contributed by atoms with Gasteiger partial charge < -0.3 is 10.1 Å². The highest BCUT2D eigenvalue weighted by Crippen LogP contribution is 2.26. The molecule has 0 aliphatic rings. The number of hydrogen-bond donors (Lipinski definition) is 1. The first-order valence-corrected chi connectivity index (χ1v) is 8.48. The number of aromatic nitrogens is 3. The third-order valence-electron chi connectivity index (χ3n) is 3.40. The van der Waals surface area contributed by atoms with Crippen molar-refractivity contribution in [3.05, 3.63) is 60.4 Å². The summed E-state index contributed by atoms with van der Waals surface area (Å²) < 4.78 is 33.1. The van der Waals surface area contributed by atoms with Gasteiger partial charge in [0.05, 0.1) is 18.6 Å². The van der Waals surface area contributed by atoms with Crippen molar-refractivity contribution in [1.82, 2.24) is 14.8 Å². The van der Waals surface area contributed by atoms with Gasteiger partial charge in [-0.1, -0.05) is 23.9 Å². The van der Waals surface area contributed by atoms with Crippen LogP contribution in [0.15, 0.2) is 53.9 Å². The first-order valence-electron chi connectivity index (χ1n) is 7.49. The molecule has 1 N–H and O–H groups in total. The number of anilines is 1. The van der Waals surface area contributed by atoms with Crippen molar-refractivity contribution in [2.45, 2.75) is 5.16 Å². The molecule has 26 heavy (non-hydrogen) atoms. The van der Waals surface area contributed by atoms with Gasteiger partial charge in [0.2, 0.25) is 5.91 Å². The number of amides is 1. The van der Waals surface area contributed by atoms with Crippen LogP contribution in [-0.2, 0) is 4.79 Å². The molecule has 0 spiro atoms. The SMILES string of the molecule is COc1ccccc1-n1cnnc1SCC(=O)Nc1ccc(F)c(F)c1. The fraction of sp³-hybridized carbons (Fsp3) is 0.118. The highest BCUT2D eigenvalue weighted by atomic mass is 32.2. The number of ether oxygens (including phenoxy) is 1. The molecule has 1 heterocycles. The fourth-order valence-electron chi connectivity index (χ4n) is 2.22. The highest BCUT2D eigenvalue weighted by molar-refractivity contribution is 7.99. The van der Waals surface area contributed by atoms with E-state index in [1.54, 1.807) is 17.7 Å². The fourth-order valence-corrected chi connectivity index (χ4v) is 2.94. The molecule has 6 nitrogen and oxygen atoms in total. The van der Waals surface area contributed by atoms with Crippen LogP contribution in [-0.4, -0.2) is 33.5 Å². The molecule has 3 rings (SSSR count). The Bertz CT molecular complexity index is 933. The molecule has 1 aromatic heterocycles. The topological polar surface area (TPSA) is 69.0 Å². The third kappa shape index (κ3) is 3.99. The van der Waals surface area contributed by atoms with Gasteiger partial charge in [0.1, 0.15) is 12.1 Å². The summed E-state index contributed by atoms with van der Waals surface area (Å²) in [6.45, 7) is 0. The number of rotatable bonds is 6. The smallest absolute Gasteiger partial charge is 0.234 e. The molecule has 1 amide bonds. The average Bonchev–Trinajstić information content (AvgIpc) is 3.11. The van der Waals surface area contributed by atoms with Crippen molar-refractivity contribution >= 4 is 23.4 Å². The van der Waals surface area contributed by atoms with Crippen molar-refractivity contribution in [3.8, 4) is 11.4 Å². The predicted molar refractivity (Wildman–Crippen MR) is 93.6 cm³/mol.